The maximum Gasteiger partial charge on any atom is 0.290 e. The van der Waals surface area contributed by atoms with Crippen LogP contribution in [0.15, 0.2) is 30.3 Å². The van der Waals surface area contributed by atoms with Gasteiger partial charge >= 0.3 is 0 Å². The van der Waals surface area contributed by atoms with E-state index in [4.69, 9.17) is 10.5 Å². The molecule has 13 heteroatoms. The molecular formula is C36H54N6O7. The minimum Gasteiger partial charge on any atom is -0.370 e. The summed E-state index contributed by atoms with van der Waals surface area (Å²) in [4.78, 5) is 83.0. The fourth-order valence-electron chi connectivity index (χ4n) is 7.28. The van der Waals surface area contributed by atoms with Crippen molar-refractivity contribution in [2.24, 2.45) is 11.7 Å². The molecular weight excluding hydrogens is 628 g/mol. The first-order valence-corrected chi connectivity index (χ1v) is 17.7. The van der Waals surface area contributed by atoms with Gasteiger partial charge in [-0.3, -0.25) is 28.8 Å². The van der Waals surface area contributed by atoms with Gasteiger partial charge in [-0.2, -0.15) is 0 Å². The first-order valence-electron chi connectivity index (χ1n) is 17.7. The van der Waals surface area contributed by atoms with E-state index in [1.165, 1.54) is 9.80 Å². The van der Waals surface area contributed by atoms with Crippen LogP contribution in [0.4, 0.5) is 0 Å². The Balaban J connectivity index is 1.47. The molecule has 5 N–H and O–H groups in total. The zero-order chi connectivity index (χ0) is 35.7. The number of ketones is 1. The number of fused-ring (bicyclic) bond motifs is 3. The molecule has 0 spiro atoms. The van der Waals surface area contributed by atoms with Gasteiger partial charge in [0, 0.05) is 26.6 Å². The molecule has 4 rings (SSSR count). The summed E-state index contributed by atoms with van der Waals surface area (Å²) >= 11 is 0. The predicted octanol–water partition coefficient (Wildman–Crippen LogP) is 1.74. The molecule has 3 aliphatic heterocycles. The summed E-state index contributed by atoms with van der Waals surface area (Å²) in [5.74, 6) is -4.03. The van der Waals surface area contributed by atoms with E-state index < -0.39 is 59.8 Å². The van der Waals surface area contributed by atoms with Crippen LogP contribution < -0.4 is 21.7 Å². The molecule has 13 nitrogen and oxygen atoms in total. The maximum atomic E-state index is 14.0. The van der Waals surface area contributed by atoms with Crippen LogP contribution in [0, 0.1) is 5.92 Å². The number of nitrogens with two attached hydrogens (primary N) is 1. The Labute approximate surface area is 289 Å². The largest absolute Gasteiger partial charge is 0.370 e. The van der Waals surface area contributed by atoms with Gasteiger partial charge in [0.25, 0.3) is 5.91 Å². The lowest BCUT2D eigenvalue weighted by molar-refractivity contribution is -0.144. The van der Waals surface area contributed by atoms with Gasteiger partial charge < -0.3 is 36.2 Å². The molecule has 1 aromatic rings. The lowest BCUT2D eigenvalue weighted by Crippen LogP contribution is -2.57. The number of amides is 5. The van der Waals surface area contributed by atoms with E-state index in [1.807, 2.05) is 13.8 Å². The highest BCUT2D eigenvalue weighted by Gasteiger charge is 2.55. The Kier molecular flexibility index (Phi) is 13.3. The summed E-state index contributed by atoms with van der Waals surface area (Å²) in [6.45, 7) is 3.58. The molecule has 3 aliphatic rings. The van der Waals surface area contributed by atoms with Crippen LogP contribution in [0.1, 0.15) is 96.1 Å². The van der Waals surface area contributed by atoms with Crippen LogP contribution >= 0.6 is 0 Å². The zero-order valence-corrected chi connectivity index (χ0v) is 29.4. The number of hydrogen-bond donors (Lipinski definition) is 4. The van der Waals surface area contributed by atoms with Gasteiger partial charge in [-0.25, -0.2) is 0 Å². The number of Topliss-reactive ketones (excluding diaryl/α,β-unsaturated/α-hetero) is 1. The van der Waals surface area contributed by atoms with Crippen LogP contribution in [0.5, 0.6) is 0 Å². The molecule has 270 valence electrons. The lowest BCUT2D eigenvalue weighted by Gasteiger charge is -2.31. The van der Waals surface area contributed by atoms with Crippen molar-refractivity contribution >= 4 is 35.3 Å². The highest BCUT2D eigenvalue weighted by Crippen LogP contribution is 2.43. The topological polar surface area (TPSA) is 180 Å². The third-order valence-corrected chi connectivity index (χ3v) is 9.81. The van der Waals surface area contributed by atoms with Crippen LogP contribution in [0.3, 0.4) is 0 Å². The molecule has 0 aliphatic carbocycles. The van der Waals surface area contributed by atoms with Gasteiger partial charge in [0.15, 0.2) is 0 Å². The van der Waals surface area contributed by atoms with Crippen LogP contribution in [-0.2, 0) is 33.5 Å². The van der Waals surface area contributed by atoms with Crippen LogP contribution in [0.2, 0.25) is 0 Å². The van der Waals surface area contributed by atoms with E-state index in [1.54, 1.807) is 44.4 Å². The predicted molar refractivity (Wildman–Crippen MR) is 183 cm³/mol. The molecule has 5 amide bonds. The maximum absolute atomic E-state index is 14.0. The second-order valence-corrected chi connectivity index (χ2v) is 14.5. The number of nitrogens with one attached hydrogen (secondary N) is 3. The quantitative estimate of drug-likeness (QED) is 0.314. The van der Waals surface area contributed by atoms with E-state index in [-0.39, 0.29) is 36.8 Å². The van der Waals surface area contributed by atoms with Crippen LogP contribution in [0.25, 0.3) is 0 Å². The summed E-state index contributed by atoms with van der Waals surface area (Å²) in [7, 11) is 3.15. The van der Waals surface area contributed by atoms with E-state index in [0.29, 0.717) is 24.8 Å². The van der Waals surface area contributed by atoms with Gasteiger partial charge in [0.1, 0.15) is 12.1 Å². The monoisotopic (exact) mass is 682 g/mol. The number of nitrogens with zero attached hydrogens (tertiary/aromatic N) is 2. The van der Waals surface area contributed by atoms with E-state index >= 15 is 0 Å². The molecule has 3 saturated heterocycles. The molecule has 0 bridgehead atoms. The molecule has 1 aromatic carbocycles. The van der Waals surface area contributed by atoms with Crippen molar-refractivity contribution in [2.75, 3.05) is 27.2 Å². The molecule has 49 heavy (non-hydrogen) atoms. The third-order valence-electron chi connectivity index (χ3n) is 9.81. The van der Waals surface area contributed by atoms with Crippen molar-refractivity contribution in [3.05, 3.63) is 35.9 Å². The van der Waals surface area contributed by atoms with E-state index in [9.17, 15) is 28.8 Å². The van der Waals surface area contributed by atoms with Crippen molar-refractivity contribution in [3.63, 3.8) is 0 Å². The SMILES string of the molecule is CN(C)C(=O)[C@@H](NC(=O)CNC(=O)C(=O)[C@@H]1CCCCCCCCCC[C@H](N)C(=O)N2C[C@@H]3OC(C)(C)C[C@@H]3[C@H]2C(=O)N1)c1ccccc1. The summed E-state index contributed by atoms with van der Waals surface area (Å²) in [5.41, 5.74) is 6.45. The molecule has 0 saturated carbocycles. The minimum atomic E-state index is -1.15. The molecule has 3 heterocycles. The van der Waals surface area contributed by atoms with Crippen molar-refractivity contribution in [1.29, 1.82) is 0 Å². The molecule has 3 fully saturated rings. The third kappa shape index (κ3) is 10.1. The molecule has 0 unspecified atom stereocenters. The smallest absolute Gasteiger partial charge is 0.290 e. The standard InChI is InChI=1S/C36H54N6O7/c1-36(2)20-24-27(49-36)22-42-30(24)32(45)39-26(19-15-10-8-6-5-7-9-14-18-25(37)34(42)47)31(44)33(46)38-21-28(43)40-29(35(48)41(3)4)23-16-12-11-13-17-23/h11-13,16-17,24-27,29-30H,5-10,14-15,18-22,37H2,1-4H3,(H,38,46)(H,39,45)(H,40,43)/t24-,25-,26-,27-,29-,30-/m0/s1. The number of hydrogen-bond acceptors (Lipinski definition) is 8. The summed E-state index contributed by atoms with van der Waals surface area (Å²) in [6, 6.07) is 4.93. The molecule has 0 radical (unpaired) electrons. The number of carbonyl (C=O) groups excluding carboxylic acids is 6. The molecule has 6 atom stereocenters. The highest BCUT2D eigenvalue weighted by atomic mass is 16.5. The number of benzene rings is 1. The summed E-state index contributed by atoms with van der Waals surface area (Å²) in [5, 5.41) is 7.83. The summed E-state index contributed by atoms with van der Waals surface area (Å²) < 4.78 is 6.22. The summed E-state index contributed by atoms with van der Waals surface area (Å²) in [6.07, 6.45) is 8.29. The van der Waals surface area contributed by atoms with Crippen molar-refractivity contribution in [2.45, 2.75) is 120 Å². The Bertz CT molecular complexity index is 1350. The van der Waals surface area contributed by atoms with E-state index in [0.717, 1.165) is 44.9 Å². The highest BCUT2D eigenvalue weighted by molar-refractivity contribution is 6.38. The number of ether oxygens (including phenoxy) is 1. The van der Waals surface area contributed by atoms with Crippen molar-refractivity contribution < 1.29 is 33.5 Å². The fraction of sp³-hybridized carbons (Fsp3) is 0.667. The first-order chi connectivity index (χ1) is 23.3. The van der Waals surface area contributed by atoms with Gasteiger partial charge in [-0.1, -0.05) is 81.7 Å². The Morgan fingerprint density at radius 2 is 1.59 bits per heavy atom. The Morgan fingerprint density at radius 1 is 0.980 bits per heavy atom. The second-order valence-electron chi connectivity index (χ2n) is 14.5. The van der Waals surface area contributed by atoms with Crippen molar-refractivity contribution in [3.8, 4) is 0 Å². The fourth-order valence-corrected chi connectivity index (χ4v) is 7.28. The zero-order valence-electron chi connectivity index (χ0n) is 29.4. The number of rotatable bonds is 7. The Hall–Kier alpha value is -3.84. The van der Waals surface area contributed by atoms with E-state index in [2.05, 4.69) is 16.0 Å². The minimum absolute atomic E-state index is 0.229. The average Bonchev–Trinajstić information content (AvgIpc) is 3.56. The number of carbonyl (C=O) groups is 6. The molecule has 0 aromatic heterocycles. The lowest BCUT2D eigenvalue weighted by atomic mass is 9.89. The Morgan fingerprint density at radius 3 is 2.22 bits per heavy atom. The number of likely N-dealkylation sites (N-methyl/N-ethyl adjacent to an activating group) is 1. The van der Waals surface area contributed by atoms with Crippen molar-refractivity contribution in [1.82, 2.24) is 25.8 Å². The average molecular weight is 683 g/mol. The van der Waals surface area contributed by atoms with Crippen LogP contribution in [-0.4, -0.2) is 102 Å². The van der Waals surface area contributed by atoms with Gasteiger partial charge in [-0.05, 0) is 38.7 Å². The normalized spacial score (nSPS) is 27.1. The van der Waals surface area contributed by atoms with Gasteiger partial charge in [-0.15, -0.1) is 0 Å². The second kappa shape index (κ2) is 17.2. The van der Waals surface area contributed by atoms with Gasteiger partial charge in [0.05, 0.1) is 30.3 Å². The first kappa shape index (κ1) is 38.0. The van der Waals surface area contributed by atoms with Gasteiger partial charge in [0.2, 0.25) is 29.4 Å².